The Morgan fingerprint density at radius 3 is 2.59 bits per heavy atom. The molecule has 3 nitrogen and oxygen atoms in total. The summed E-state index contributed by atoms with van der Waals surface area (Å²) in [6.45, 7) is 4.59. The first-order chi connectivity index (χ1) is 7.99. The number of rotatable bonds is 4. The van der Waals surface area contributed by atoms with Crippen LogP contribution in [-0.2, 0) is 11.3 Å². The van der Waals surface area contributed by atoms with E-state index >= 15 is 0 Å². The largest absolute Gasteiger partial charge is 0.496 e. The standard InChI is InChI=1S/C13H19NO2S/c1-9-5-10(2)13(16-4)11(6-9)7-14(3)12(15)8-17/h5-6,17H,7-8H2,1-4H3. The van der Waals surface area contributed by atoms with Crippen molar-refractivity contribution in [2.75, 3.05) is 19.9 Å². The highest BCUT2D eigenvalue weighted by molar-refractivity contribution is 7.81. The van der Waals surface area contributed by atoms with E-state index in [1.807, 2.05) is 19.9 Å². The van der Waals surface area contributed by atoms with Crippen molar-refractivity contribution >= 4 is 18.5 Å². The molecule has 0 aliphatic rings. The van der Waals surface area contributed by atoms with Crippen molar-refractivity contribution in [1.82, 2.24) is 4.90 Å². The van der Waals surface area contributed by atoms with Gasteiger partial charge in [-0.25, -0.2) is 0 Å². The van der Waals surface area contributed by atoms with Crippen molar-refractivity contribution in [3.63, 3.8) is 0 Å². The normalized spacial score (nSPS) is 10.2. The summed E-state index contributed by atoms with van der Waals surface area (Å²) >= 11 is 3.99. The fourth-order valence-corrected chi connectivity index (χ4v) is 2.16. The van der Waals surface area contributed by atoms with E-state index in [-0.39, 0.29) is 11.7 Å². The third-order valence-electron chi connectivity index (χ3n) is 2.67. The Kier molecular flexibility index (Phi) is 4.87. The Labute approximate surface area is 108 Å². The van der Waals surface area contributed by atoms with Gasteiger partial charge in [-0.1, -0.05) is 17.7 Å². The summed E-state index contributed by atoms with van der Waals surface area (Å²) in [5.41, 5.74) is 3.29. The molecule has 1 aromatic rings. The van der Waals surface area contributed by atoms with Crippen LogP contribution in [0, 0.1) is 13.8 Å². The number of aryl methyl sites for hydroxylation is 2. The number of methoxy groups -OCH3 is 1. The molecule has 1 rings (SSSR count). The van der Waals surface area contributed by atoms with Gasteiger partial charge >= 0.3 is 0 Å². The number of hydrogen-bond acceptors (Lipinski definition) is 3. The summed E-state index contributed by atoms with van der Waals surface area (Å²) in [6, 6.07) is 4.12. The van der Waals surface area contributed by atoms with Crippen LogP contribution in [0.15, 0.2) is 12.1 Å². The molecule has 0 radical (unpaired) electrons. The van der Waals surface area contributed by atoms with Crippen LogP contribution in [0.3, 0.4) is 0 Å². The zero-order valence-corrected chi connectivity index (χ0v) is 11.7. The monoisotopic (exact) mass is 253 g/mol. The fraction of sp³-hybridized carbons (Fsp3) is 0.462. The van der Waals surface area contributed by atoms with Gasteiger partial charge in [0.1, 0.15) is 5.75 Å². The maximum atomic E-state index is 11.5. The highest BCUT2D eigenvalue weighted by atomic mass is 32.1. The first-order valence-corrected chi connectivity index (χ1v) is 6.11. The van der Waals surface area contributed by atoms with E-state index in [0.717, 1.165) is 16.9 Å². The van der Waals surface area contributed by atoms with Gasteiger partial charge in [0, 0.05) is 19.2 Å². The van der Waals surface area contributed by atoms with Gasteiger partial charge in [-0.15, -0.1) is 0 Å². The maximum absolute atomic E-state index is 11.5. The minimum Gasteiger partial charge on any atom is -0.496 e. The Hall–Kier alpha value is -1.16. The molecule has 0 bridgehead atoms. The molecule has 0 spiro atoms. The maximum Gasteiger partial charge on any atom is 0.232 e. The Morgan fingerprint density at radius 2 is 2.06 bits per heavy atom. The van der Waals surface area contributed by atoms with Gasteiger partial charge in [0.25, 0.3) is 0 Å². The van der Waals surface area contributed by atoms with Gasteiger partial charge in [-0.2, -0.15) is 12.6 Å². The van der Waals surface area contributed by atoms with Crippen molar-refractivity contribution < 1.29 is 9.53 Å². The van der Waals surface area contributed by atoms with Crippen LogP contribution < -0.4 is 4.74 Å². The molecule has 1 aromatic carbocycles. The van der Waals surface area contributed by atoms with Crippen molar-refractivity contribution in [3.8, 4) is 5.75 Å². The van der Waals surface area contributed by atoms with Crippen molar-refractivity contribution in [2.45, 2.75) is 20.4 Å². The quantitative estimate of drug-likeness (QED) is 0.834. The molecule has 0 aromatic heterocycles. The predicted molar refractivity (Wildman–Crippen MR) is 72.8 cm³/mol. The van der Waals surface area contributed by atoms with Gasteiger partial charge in [0.15, 0.2) is 0 Å². The second kappa shape index (κ2) is 5.96. The zero-order chi connectivity index (χ0) is 13.0. The van der Waals surface area contributed by atoms with Crippen molar-refractivity contribution in [3.05, 3.63) is 28.8 Å². The second-order valence-corrected chi connectivity index (χ2v) is 4.50. The number of benzene rings is 1. The number of carbonyl (C=O) groups excluding carboxylic acids is 1. The van der Waals surface area contributed by atoms with Crippen LogP contribution >= 0.6 is 12.6 Å². The topological polar surface area (TPSA) is 29.5 Å². The summed E-state index contributed by atoms with van der Waals surface area (Å²) in [4.78, 5) is 13.2. The lowest BCUT2D eigenvalue weighted by Gasteiger charge is -2.19. The summed E-state index contributed by atoms with van der Waals surface area (Å²) in [6.07, 6.45) is 0. The second-order valence-electron chi connectivity index (χ2n) is 4.18. The zero-order valence-electron chi connectivity index (χ0n) is 10.8. The van der Waals surface area contributed by atoms with E-state index in [1.165, 1.54) is 5.56 Å². The van der Waals surface area contributed by atoms with Gasteiger partial charge < -0.3 is 9.64 Å². The molecule has 0 saturated heterocycles. The Balaban J connectivity index is 3.01. The molecule has 1 amide bonds. The fourth-order valence-electron chi connectivity index (χ4n) is 1.92. The van der Waals surface area contributed by atoms with Crippen LogP contribution in [-0.4, -0.2) is 30.7 Å². The van der Waals surface area contributed by atoms with Crippen LogP contribution in [0.5, 0.6) is 5.75 Å². The first kappa shape index (κ1) is 13.9. The molecule has 0 heterocycles. The Bertz CT molecular complexity index is 418. The number of carbonyl (C=O) groups is 1. The number of nitrogens with zero attached hydrogens (tertiary/aromatic N) is 1. The van der Waals surface area contributed by atoms with E-state index < -0.39 is 0 Å². The van der Waals surface area contributed by atoms with E-state index in [9.17, 15) is 4.79 Å². The van der Waals surface area contributed by atoms with Crippen LogP contribution in [0.4, 0.5) is 0 Å². The average Bonchev–Trinajstić information content (AvgIpc) is 2.27. The van der Waals surface area contributed by atoms with Crippen LogP contribution in [0.2, 0.25) is 0 Å². The van der Waals surface area contributed by atoms with Gasteiger partial charge in [-0.3, -0.25) is 4.79 Å². The van der Waals surface area contributed by atoms with Gasteiger partial charge in [0.2, 0.25) is 5.91 Å². The number of thiol groups is 1. The Morgan fingerprint density at radius 1 is 1.41 bits per heavy atom. The van der Waals surface area contributed by atoms with E-state index in [1.54, 1.807) is 19.1 Å². The van der Waals surface area contributed by atoms with Crippen LogP contribution in [0.1, 0.15) is 16.7 Å². The third-order valence-corrected chi connectivity index (χ3v) is 2.94. The molecule has 0 aliphatic carbocycles. The molecule has 4 heteroatoms. The van der Waals surface area contributed by atoms with E-state index in [2.05, 4.69) is 18.7 Å². The molecule has 0 atom stereocenters. The molecular formula is C13H19NO2S. The SMILES string of the molecule is COc1c(C)cc(C)cc1CN(C)C(=O)CS. The number of hydrogen-bond donors (Lipinski definition) is 1. The minimum atomic E-state index is 0.00884. The van der Waals surface area contributed by atoms with Crippen molar-refractivity contribution in [1.29, 1.82) is 0 Å². The average molecular weight is 253 g/mol. The lowest BCUT2D eigenvalue weighted by molar-refractivity contribution is -0.127. The predicted octanol–water partition coefficient (Wildman–Crippen LogP) is 2.20. The molecule has 0 fully saturated rings. The molecule has 0 saturated carbocycles. The summed E-state index contributed by atoms with van der Waals surface area (Å²) in [5.74, 6) is 1.09. The minimum absolute atomic E-state index is 0.00884. The van der Waals surface area contributed by atoms with Gasteiger partial charge in [-0.05, 0) is 19.4 Å². The molecule has 94 valence electrons. The van der Waals surface area contributed by atoms with E-state index in [0.29, 0.717) is 6.54 Å². The number of amides is 1. The molecule has 0 aliphatic heterocycles. The molecular weight excluding hydrogens is 234 g/mol. The highest BCUT2D eigenvalue weighted by Crippen LogP contribution is 2.26. The van der Waals surface area contributed by atoms with Crippen molar-refractivity contribution in [2.24, 2.45) is 0 Å². The number of ether oxygens (including phenoxy) is 1. The lowest BCUT2D eigenvalue weighted by Crippen LogP contribution is -2.27. The summed E-state index contributed by atoms with van der Waals surface area (Å²) in [5, 5.41) is 0. The lowest BCUT2D eigenvalue weighted by atomic mass is 10.1. The first-order valence-electron chi connectivity index (χ1n) is 5.48. The molecule has 17 heavy (non-hydrogen) atoms. The smallest absolute Gasteiger partial charge is 0.232 e. The summed E-state index contributed by atoms with van der Waals surface area (Å²) in [7, 11) is 3.43. The third kappa shape index (κ3) is 3.40. The summed E-state index contributed by atoms with van der Waals surface area (Å²) < 4.78 is 5.39. The van der Waals surface area contributed by atoms with E-state index in [4.69, 9.17) is 4.74 Å². The van der Waals surface area contributed by atoms with Crippen LogP contribution in [0.25, 0.3) is 0 Å². The molecule has 0 unspecified atom stereocenters. The van der Waals surface area contributed by atoms with Gasteiger partial charge in [0.05, 0.1) is 12.9 Å². The highest BCUT2D eigenvalue weighted by Gasteiger charge is 2.12. The molecule has 0 N–H and O–H groups in total.